The maximum absolute atomic E-state index is 13.6. The number of para-hydroxylation sites is 1. The third kappa shape index (κ3) is 4.23. The molecule has 3 aromatic rings. The molecule has 8 nitrogen and oxygen atoms in total. The Labute approximate surface area is 190 Å². The zero-order chi connectivity index (χ0) is 23.5. The average molecular weight is 443 g/mol. The van der Waals surface area contributed by atoms with E-state index in [-0.39, 0.29) is 17.7 Å². The molecule has 3 aromatic carbocycles. The molecular weight excluding hydrogens is 422 g/mol. The summed E-state index contributed by atoms with van der Waals surface area (Å²) in [6.45, 7) is 1.77. The summed E-state index contributed by atoms with van der Waals surface area (Å²) in [5.74, 6) is -1.47. The number of carbonyl (C=O) groups excluding carboxylic acids is 3. The molecular formula is C25H21N3O5. The highest BCUT2D eigenvalue weighted by molar-refractivity contribution is 6.23. The van der Waals surface area contributed by atoms with Crippen LogP contribution in [0, 0.1) is 10.1 Å². The van der Waals surface area contributed by atoms with Crippen LogP contribution in [0.15, 0.2) is 84.9 Å². The Balaban J connectivity index is 1.76. The Bertz CT molecular complexity index is 1210. The molecule has 3 amide bonds. The lowest BCUT2D eigenvalue weighted by Crippen LogP contribution is -2.46. The van der Waals surface area contributed by atoms with Gasteiger partial charge < -0.3 is 4.90 Å². The summed E-state index contributed by atoms with van der Waals surface area (Å²) >= 11 is 0. The largest absolute Gasteiger partial charge is 0.319 e. The minimum Gasteiger partial charge on any atom is -0.319 e. The van der Waals surface area contributed by atoms with Crippen LogP contribution in [0.4, 0.5) is 11.4 Å². The molecule has 0 bridgehead atoms. The van der Waals surface area contributed by atoms with Gasteiger partial charge in [0.1, 0.15) is 6.04 Å². The predicted molar refractivity (Wildman–Crippen MR) is 121 cm³/mol. The highest BCUT2D eigenvalue weighted by Crippen LogP contribution is 2.32. The van der Waals surface area contributed by atoms with Crippen molar-refractivity contribution < 1.29 is 19.3 Å². The van der Waals surface area contributed by atoms with Crippen molar-refractivity contribution in [3.8, 4) is 0 Å². The van der Waals surface area contributed by atoms with E-state index >= 15 is 0 Å². The van der Waals surface area contributed by atoms with Crippen LogP contribution in [0.3, 0.4) is 0 Å². The van der Waals surface area contributed by atoms with Gasteiger partial charge in [-0.1, -0.05) is 54.6 Å². The molecule has 0 saturated carbocycles. The molecule has 4 rings (SSSR count). The first kappa shape index (κ1) is 21.9. The van der Waals surface area contributed by atoms with Gasteiger partial charge in [-0.15, -0.1) is 0 Å². The van der Waals surface area contributed by atoms with Gasteiger partial charge in [-0.3, -0.25) is 24.5 Å². The first-order chi connectivity index (χ1) is 15.9. The maximum Gasteiger partial charge on any atom is 0.270 e. The number of nitrogens with zero attached hydrogens (tertiary/aromatic N) is 3. The molecule has 0 N–H and O–H groups in total. The van der Waals surface area contributed by atoms with Gasteiger partial charge in [-0.2, -0.15) is 0 Å². The van der Waals surface area contributed by atoms with Crippen LogP contribution in [-0.2, 0) is 9.59 Å². The van der Waals surface area contributed by atoms with Gasteiger partial charge in [0.15, 0.2) is 0 Å². The fourth-order valence-electron chi connectivity index (χ4n) is 4.06. The maximum atomic E-state index is 13.6. The summed E-state index contributed by atoms with van der Waals surface area (Å²) in [5, 5.41) is 11.2. The van der Waals surface area contributed by atoms with Crippen LogP contribution in [0.2, 0.25) is 0 Å². The number of hydrogen-bond acceptors (Lipinski definition) is 5. The number of carbonyl (C=O) groups is 3. The molecule has 0 aliphatic carbocycles. The molecule has 1 aliphatic rings. The van der Waals surface area contributed by atoms with E-state index in [1.165, 1.54) is 29.2 Å². The molecule has 0 radical (unpaired) electrons. The molecule has 2 atom stereocenters. The van der Waals surface area contributed by atoms with Crippen LogP contribution in [0.25, 0.3) is 0 Å². The topological polar surface area (TPSA) is 101 Å². The van der Waals surface area contributed by atoms with Crippen LogP contribution >= 0.6 is 0 Å². The highest BCUT2D eigenvalue weighted by Gasteiger charge is 2.46. The fourth-order valence-corrected chi connectivity index (χ4v) is 4.06. The number of amides is 3. The van der Waals surface area contributed by atoms with Crippen molar-refractivity contribution in [1.82, 2.24) is 4.90 Å². The van der Waals surface area contributed by atoms with Crippen molar-refractivity contribution in [3.63, 3.8) is 0 Å². The summed E-state index contributed by atoms with van der Waals surface area (Å²) in [6.07, 6.45) is -0.175. The lowest BCUT2D eigenvalue weighted by Gasteiger charge is -2.33. The molecule has 1 heterocycles. The molecule has 1 aliphatic heterocycles. The minimum atomic E-state index is -1.04. The second-order valence-corrected chi connectivity index (χ2v) is 7.73. The fraction of sp³-hybridized carbons (Fsp3) is 0.160. The number of non-ortho nitro benzene ring substituents is 1. The van der Waals surface area contributed by atoms with Gasteiger partial charge in [0.05, 0.1) is 23.1 Å². The van der Waals surface area contributed by atoms with Crippen molar-refractivity contribution in [2.24, 2.45) is 0 Å². The first-order valence-electron chi connectivity index (χ1n) is 10.4. The van der Waals surface area contributed by atoms with Gasteiger partial charge in [0, 0.05) is 17.7 Å². The standard InChI is InChI=1S/C25H21N3O5/c1-17(18-9-4-2-5-10-18)26(24(30)19-11-8-14-21(15-19)28(32)33)22-16-23(29)27(25(22)31)20-12-6-3-7-13-20/h2-15,17,22H,16H2,1H3. The minimum absolute atomic E-state index is 0.0744. The van der Waals surface area contributed by atoms with Gasteiger partial charge in [-0.25, -0.2) is 4.90 Å². The van der Waals surface area contributed by atoms with Crippen molar-refractivity contribution in [2.45, 2.75) is 25.4 Å². The Hall–Kier alpha value is -4.33. The third-order valence-corrected chi connectivity index (χ3v) is 5.71. The van der Waals surface area contributed by atoms with Gasteiger partial charge >= 0.3 is 0 Å². The van der Waals surface area contributed by atoms with Crippen LogP contribution in [-0.4, -0.2) is 33.6 Å². The summed E-state index contributed by atoms with van der Waals surface area (Å²) in [7, 11) is 0. The smallest absolute Gasteiger partial charge is 0.270 e. The van der Waals surface area contributed by atoms with Crippen molar-refractivity contribution >= 4 is 29.1 Å². The zero-order valence-corrected chi connectivity index (χ0v) is 17.8. The number of imide groups is 1. The van der Waals surface area contributed by atoms with E-state index in [2.05, 4.69) is 0 Å². The van der Waals surface area contributed by atoms with Crippen LogP contribution in [0.1, 0.15) is 35.3 Å². The summed E-state index contributed by atoms with van der Waals surface area (Å²) < 4.78 is 0. The summed E-state index contributed by atoms with van der Waals surface area (Å²) in [4.78, 5) is 53.0. The summed E-state index contributed by atoms with van der Waals surface area (Å²) in [6, 6.07) is 21.4. The predicted octanol–water partition coefficient (Wildman–Crippen LogP) is 4.13. The van der Waals surface area contributed by atoms with E-state index < -0.39 is 34.7 Å². The van der Waals surface area contributed by atoms with Gasteiger partial charge in [0.2, 0.25) is 5.91 Å². The van der Waals surface area contributed by atoms with Gasteiger partial charge in [-0.05, 0) is 30.7 Å². The van der Waals surface area contributed by atoms with E-state index in [9.17, 15) is 24.5 Å². The second-order valence-electron chi connectivity index (χ2n) is 7.73. The Morgan fingerprint density at radius 2 is 1.64 bits per heavy atom. The number of hydrogen-bond donors (Lipinski definition) is 0. The van der Waals surface area contributed by atoms with E-state index in [1.54, 1.807) is 37.3 Å². The molecule has 2 unspecified atom stereocenters. The Kier molecular flexibility index (Phi) is 5.99. The highest BCUT2D eigenvalue weighted by atomic mass is 16.6. The van der Waals surface area contributed by atoms with Gasteiger partial charge in [0.25, 0.3) is 17.5 Å². The SMILES string of the molecule is CC(c1ccccc1)N(C(=O)c1cccc([N+](=O)[O-])c1)C1CC(=O)N(c2ccccc2)C1=O. The van der Waals surface area contributed by atoms with Crippen LogP contribution in [0.5, 0.6) is 0 Å². The monoisotopic (exact) mass is 443 g/mol. The number of anilines is 1. The summed E-state index contributed by atoms with van der Waals surface area (Å²) in [5.41, 5.74) is 1.05. The second kappa shape index (κ2) is 9.04. The first-order valence-corrected chi connectivity index (χ1v) is 10.4. The number of rotatable bonds is 6. The number of nitro groups is 1. The number of benzene rings is 3. The van der Waals surface area contributed by atoms with Crippen molar-refractivity contribution in [1.29, 1.82) is 0 Å². The van der Waals surface area contributed by atoms with E-state index in [4.69, 9.17) is 0 Å². The Morgan fingerprint density at radius 1 is 1.00 bits per heavy atom. The quantitative estimate of drug-likeness (QED) is 0.324. The third-order valence-electron chi connectivity index (χ3n) is 5.71. The molecule has 0 aromatic heterocycles. The Morgan fingerprint density at radius 3 is 2.27 bits per heavy atom. The normalized spacial score (nSPS) is 16.5. The average Bonchev–Trinajstić information content (AvgIpc) is 3.13. The van der Waals surface area contributed by atoms with Crippen LogP contribution < -0.4 is 4.90 Å². The lowest BCUT2D eigenvalue weighted by molar-refractivity contribution is -0.384. The molecule has 0 spiro atoms. The van der Waals surface area contributed by atoms with Crippen molar-refractivity contribution in [3.05, 3.63) is 106 Å². The molecule has 1 fully saturated rings. The molecule has 166 valence electrons. The van der Waals surface area contributed by atoms with Crippen molar-refractivity contribution in [2.75, 3.05) is 4.90 Å². The molecule has 33 heavy (non-hydrogen) atoms. The molecule has 1 saturated heterocycles. The van der Waals surface area contributed by atoms with E-state index in [0.29, 0.717) is 5.69 Å². The zero-order valence-electron chi connectivity index (χ0n) is 17.8. The van der Waals surface area contributed by atoms with E-state index in [0.717, 1.165) is 10.5 Å². The number of nitro benzene ring substituents is 1. The lowest BCUT2D eigenvalue weighted by atomic mass is 10.0. The van der Waals surface area contributed by atoms with E-state index in [1.807, 2.05) is 30.3 Å². The molecule has 8 heteroatoms.